The van der Waals surface area contributed by atoms with Gasteiger partial charge in [0.05, 0.1) is 0 Å². The summed E-state index contributed by atoms with van der Waals surface area (Å²) < 4.78 is 1.60. The van der Waals surface area contributed by atoms with Gasteiger partial charge in [-0.05, 0) is 46.2 Å². The van der Waals surface area contributed by atoms with Crippen LogP contribution in [0.3, 0.4) is 0 Å². The quantitative estimate of drug-likeness (QED) is 0.846. The Hall–Kier alpha value is -2.02. The number of carbonyl (C=O) groups excluding carboxylic acids is 1. The maximum absolute atomic E-state index is 12.3. The number of amides is 1. The van der Waals surface area contributed by atoms with E-state index < -0.39 is 0 Å². The lowest BCUT2D eigenvalue weighted by Crippen LogP contribution is -2.52. The van der Waals surface area contributed by atoms with Gasteiger partial charge in [-0.2, -0.15) is 4.98 Å². The Kier molecular flexibility index (Phi) is 3.59. The van der Waals surface area contributed by atoms with Crippen molar-refractivity contribution in [2.24, 2.45) is 0 Å². The highest BCUT2D eigenvalue weighted by molar-refractivity contribution is 5.91. The molecule has 1 aliphatic rings. The van der Waals surface area contributed by atoms with Gasteiger partial charge in [0.15, 0.2) is 0 Å². The maximum atomic E-state index is 12.3. The number of fused-ring (bicyclic) bond motifs is 1. The zero-order chi connectivity index (χ0) is 15.0. The van der Waals surface area contributed by atoms with Gasteiger partial charge >= 0.3 is 0 Å². The van der Waals surface area contributed by atoms with Crippen molar-refractivity contribution in [3.63, 3.8) is 0 Å². The van der Waals surface area contributed by atoms with Crippen molar-refractivity contribution in [3.8, 4) is 0 Å². The predicted molar refractivity (Wildman–Crippen MR) is 78.2 cm³/mol. The highest BCUT2D eigenvalue weighted by Crippen LogP contribution is 2.10. The first-order valence-electron chi connectivity index (χ1n) is 7.30. The topological polar surface area (TPSA) is 84.2 Å². The van der Waals surface area contributed by atoms with Crippen LogP contribution in [-0.4, -0.2) is 44.1 Å². The second-order valence-corrected chi connectivity index (χ2v) is 5.65. The van der Waals surface area contributed by atoms with Gasteiger partial charge in [0.2, 0.25) is 5.82 Å². The summed E-state index contributed by atoms with van der Waals surface area (Å²) in [5.74, 6) is 0.402. The summed E-state index contributed by atoms with van der Waals surface area (Å²) in [6.45, 7) is 6.90. The molecule has 112 valence electrons. The van der Waals surface area contributed by atoms with Crippen LogP contribution in [0.1, 0.15) is 41.8 Å². The molecule has 7 heteroatoms. The fourth-order valence-corrected chi connectivity index (χ4v) is 2.74. The van der Waals surface area contributed by atoms with E-state index in [1.807, 2.05) is 19.9 Å². The first-order chi connectivity index (χ1) is 10.0. The van der Waals surface area contributed by atoms with Crippen LogP contribution in [0, 0.1) is 13.8 Å². The molecule has 1 aliphatic heterocycles. The summed E-state index contributed by atoms with van der Waals surface area (Å²) in [5, 5.41) is 10.6. The molecule has 0 aliphatic carbocycles. The Labute approximate surface area is 123 Å². The first kappa shape index (κ1) is 13.9. The molecule has 0 aromatic carbocycles. The second kappa shape index (κ2) is 5.40. The third kappa shape index (κ3) is 2.73. The molecule has 2 aromatic heterocycles. The highest BCUT2D eigenvalue weighted by atomic mass is 16.2. The number of nitrogens with zero attached hydrogens (tertiary/aromatic N) is 4. The summed E-state index contributed by atoms with van der Waals surface area (Å²) >= 11 is 0. The molecule has 2 N–H and O–H groups in total. The first-order valence-corrected chi connectivity index (χ1v) is 7.30. The van der Waals surface area contributed by atoms with Crippen molar-refractivity contribution in [3.05, 3.63) is 23.3 Å². The molecule has 7 nitrogen and oxygen atoms in total. The fraction of sp³-hybridized carbons (Fsp3) is 0.571. The standard InChI is InChI=1S/C14H20N6O/c1-8-7-9(2)20-14(16-8)18-12(19-20)13(21)17-11-5-4-6-15-10(11)3/h7,10-11,15H,4-6H2,1-3H3,(H,17,21). The average molecular weight is 288 g/mol. The Morgan fingerprint density at radius 1 is 1.43 bits per heavy atom. The van der Waals surface area contributed by atoms with E-state index >= 15 is 0 Å². The third-order valence-electron chi connectivity index (χ3n) is 3.90. The highest BCUT2D eigenvalue weighted by Gasteiger charge is 2.24. The SMILES string of the molecule is Cc1cc(C)n2nc(C(=O)NC3CCCNC3C)nc2n1. The lowest BCUT2D eigenvalue weighted by Gasteiger charge is -2.30. The Morgan fingerprint density at radius 2 is 2.24 bits per heavy atom. The third-order valence-corrected chi connectivity index (χ3v) is 3.90. The average Bonchev–Trinajstić information content (AvgIpc) is 2.85. The zero-order valence-corrected chi connectivity index (χ0v) is 12.6. The molecule has 2 atom stereocenters. The minimum atomic E-state index is -0.238. The molecule has 0 bridgehead atoms. The molecule has 3 rings (SSSR count). The van der Waals surface area contributed by atoms with Crippen LogP contribution in [0.2, 0.25) is 0 Å². The van der Waals surface area contributed by atoms with Crippen molar-refractivity contribution >= 4 is 11.7 Å². The number of nitrogens with one attached hydrogen (secondary N) is 2. The smallest absolute Gasteiger partial charge is 0.291 e. The normalized spacial score (nSPS) is 22.4. The van der Waals surface area contributed by atoms with Crippen molar-refractivity contribution in [2.75, 3.05) is 6.54 Å². The summed E-state index contributed by atoms with van der Waals surface area (Å²) in [6.07, 6.45) is 2.04. The van der Waals surface area contributed by atoms with Gasteiger partial charge < -0.3 is 10.6 Å². The number of hydrogen-bond donors (Lipinski definition) is 2. The number of hydrogen-bond acceptors (Lipinski definition) is 5. The molecule has 1 saturated heterocycles. The van der Waals surface area contributed by atoms with Crippen LogP contribution in [-0.2, 0) is 0 Å². The van der Waals surface area contributed by atoms with E-state index in [1.165, 1.54) is 0 Å². The molecule has 0 radical (unpaired) electrons. The van der Waals surface area contributed by atoms with E-state index in [2.05, 4.69) is 32.6 Å². The Bertz CT molecular complexity index is 679. The van der Waals surface area contributed by atoms with Crippen LogP contribution in [0.4, 0.5) is 0 Å². The number of aryl methyl sites for hydroxylation is 2. The minimum Gasteiger partial charge on any atom is -0.345 e. The maximum Gasteiger partial charge on any atom is 0.291 e. The van der Waals surface area contributed by atoms with Gasteiger partial charge in [-0.25, -0.2) is 9.50 Å². The van der Waals surface area contributed by atoms with Crippen LogP contribution in [0.15, 0.2) is 6.07 Å². The summed E-state index contributed by atoms with van der Waals surface area (Å²) in [4.78, 5) is 20.9. The van der Waals surface area contributed by atoms with E-state index in [9.17, 15) is 4.79 Å². The van der Waals surface area contributed by atoms with E-state index in [4.69, 9.17) is 0 Å². The lowest BCUT2D eigenvalue weighted by atomic mass is 10.00. The Morgan fingerprint density at radius 3 is 3.00 bits per heavy atom. The number of rotatable bonds is 2. The number of aromatic nitrogens is 4. The van der Waals surface area contributed by atoms with Crippen LogP contribution in [0.25, 0.3) is 5.78 Å². The van der Waals surface area contributed by atoms with Crippen molar-refractivity contribution in [2.45, 2.75) is 45.7 Å². The summed E-state index contributed by atoms with van der Waals surface area (Å²) in [7, 11) is 0. The van der Waals surface area contributed by atoms with E-state index in [1.54, 1.807) is 4.52 Å². The van der Waals surface area contributed by atoms with Gasteiger partial charge in [-0.3, -0.25) is 4.79 Å². The predicted octanol–water partition coefficient (Wildman–Crippen LogP) is 0.611. The van der Waals surface area contributed by atoms with Crippen LogP contribution in [0.5, 0.6) is 0 Å². The van der Waals surface area contributed by atoms with Crippen LogP contribution < -0.4 is 10.6 Å². The molecule has 3 heterocycles. The van der Waals surface area contributed by atoms with Gasteiger partial charge in [-0.1, -0.05) is 0 Å². The van der Waals surface area contributed by atoms with Gasteiger partial charge in [0.25, 0.3) is 11.7 Å². The van der Waals surface area contributed by atoms with E-state index in [0.717, 1.165) is 30.8 Å². The van der Waals surface area contributed by atoms with E-state index in [-0.39, 0.29) is 23.8 Å². The number of carbonyl (C=O) groups is 1. The van der Waals surface area contributed by atoms with Crippen LogP contribution >= 0.6 is 0 Å². The summed E-state index contributed by atoms with van der Waals surface area (Å²) in [6, 6.07) is 2.30. The van der Waals surface area contributed by atoms with Crippen molar-refractivity contribution < 1.29 is 4.79 Å². The van der Waals surface area contributed by atoms with Gasteiger partial charge in [0.1, 0.15) is 0 Å². The molecule has 1 fully saturated rings. The molecule has 2 unspecified atom stereocenters. The number of piperidine rings is 1. The molecule has 1 amide bonds. The second-order valence-electron chi connectivity index (χ2n) is 5.65. The van der Waals surface area contributed by atoms with Crippen molar-refractivity contribution in [1.29, 1.82) is 0 Å². The lowest BCUT2D eigenvalue weighted by molar-refractivity contribution is 0.0909. The van der Waals surface area contributed by atoms with Crippen molar-refractivity contribution in [1.82, 2.24) is 30.2 Å². The zero-order valence-electron chi connectivity index (χ0n) is 12.6. The molecular weight excluding hydrogens is 268 g/mol. The molecule has 0 saturated carbocycles. The molecule has 21 heavy (non-hydrogen) atoms. The monoisotopic (exact) mass is 288 g/mol. The Balaban J connectivity index is 1.83. The fourth-order valence-electron chi connectivity index (χ4n) is 2.74. The molecular formula is C14H20N6O. The largest absolute Gasteiger partial charge is 0.345 e. The molecule has 2 aromatic rings. The summed E-state index contributed by atoms with van der Waals surface area (Å²) in [5.41, 5.74) is 1.78. The van der Waals surface area contributed by atoms with Gasteiger partial charge in [-0.15, -0.1) is 5.10 Å². The van der Waals surface area contributed by atoms with E-state index in [0.29, 0.717) is 5.78 Å². The van der Waals surface area contributed by atoms with Gasteiger partial charge in [0, 0.05) is 23.5 Å². The minimum absolute atomic E-state index is 0.119. The molecule has 0 spiro atoms.